The van der Waals surface area contributed by atoms with Crippen LogP contribution in [0, 0.1) is 0 Å². The molecule has 10 aromatic rings. The van der Waals surface area contributed by atoms with Gasteiger partial charge in [-0.2, -0.15) is 0 Å². The number of hydrogen-bond donors (Lipinski definition) is 0. The van der Waals surface area contributed by atoms with Crippen molar-refractivity contribution in [3.8, 4) is 22.3 Å². The van der Waals surface area contributed by atoms with E-state index in [1.54, 1.807) is 0 Å². The van der Waals surface area contributed by atoms with E-state index < -0.39 is 0 Å². The van der Waals surface area contributed by atoms with Gasteiger partial charge in [-0.1, -0.05) is 146 Å². The van der Waals surface area contributed by atoms with E-state index in [-0.39, 0.29) is 0 Å². The molecular weight excluding hydrogens is 623 g/mol. The van der Waals surface area contributed by atoms with Crippen LogP contribution in [0.3, 0.4) is 0 Å². The highest BCUT2D eigenvalue weighted by atomic mass is 32.1. The first kappa shape index (κ1) is 28.8. The Morgan fingerprint density at radius 2 is 0.800 bits per heavy atom. The van der Waals surface area contributed by atoms with Gasteiger partial charge in [-0.25, -0.2) is 0 Å². The molecule has 0 aliphatic rings. The smallest absolute Gasteiger partial charge is 0.0540 e. The van der Waals surface area contributed by atoms with Gasteiger partial charge in [-0.05, 0) is 86.3 Å². The van der Waals surface area contributed by atoms with Gasteiger partial charge in [0.05, 0.1) is 11.4 Å². The predicted octanol–water partition coefficient (Wildman–Crippen LogP) is 14.3. The summed E-state index contributed by atoms with van der Waals surface area (Å²) in [5, 5.41) is 10.0. The number of nitrogens with zero attached hydrogens (tertiary/aromatic N) is 1. The fourth-order valence-electron chi connectivity index (χ4n) is 7.69. The van der Waals surface area contributed by atoms with Gasteiger partial charge in [-0.3, -0.25) is 0 Å². The van der Waals surface area contributed by atoms with Crippen molar-refractivity contribution >= 4 is 80.9 Å². The number of benzene rings is 9. The van der Waals surface area contributed by atoms with E-state index in [1.165, 1.54) is 74.7 Å². The molecule has 234 valence electrons. The van der Waals surface area contributed by atoms with Gasteiger partial charge in [0, 0.05) is 36.6 Å². The van der Waals surface area contributed by atoms with E-state index >= 15 is 0 Å². The zero-order chi connectivity index (χ0) is 33.0. The number of rotatable bonds is 5. The largest absolute Gasteiger partial charge is 0.309 e. The van der Waals surface area contributed by atoms with Crippen LogP contribution < -0.4 is 4.90 Å². The Morgan fingerprint density at radius 1 is 0.320 bits per heavy atom. The maximum atomic E-state index is 2.48. The first-order valence-corrected chi connectivity index (χ1v) is 17.9. The summed E-state index contributed by atoms with van der Waals surface area (Å²) in [5.74, 6) is 0. The van der Waals surface area contributed by atoms with E-state index in [1.807, 2.05) is 11.3 Å². The quantitative estimate of drug-likeness (QED) is 0.179. The maximum absolute atomic E-state index is 2.48. The van der Waals surface area contributed by atoms with Crippen molar-refractivity contribution in [2.75, 3.05) is 4.90 Å². The molecule has 50 heavy (non-hydrogen) atoms. The van der Waals surface area contributed by atoms with Crippen molar-refractivity contribution in [2.24, 2.45) is 0 Å². The third kappa shape index (κ3) is 4.69. The molecule has 0 fully saturated rings. The number of thiophene rings is 1. The van der Waals surface area contributed by atoms with Gasteiger partial charge in [0.15, 0.2) is 0 Å². The number of fused-ring (bicyclic) bond motifs is 6. The van der Waals surface area contributed by atoms with Crippen molar-refractivity contribution in [2.45, 2.75) is 0 Å². The SMILES string of the molecule is c1ccc(-c2ccc(N(c3ccc4sc5cc6ccccc6cc5c4c3)c3ccc(-c4ccccc4)c4ccccc34)c3ccccc23)cc1. The van der Waals surface area contributed by atoms with Crippen LogP contribution in [-0.4, -0.2) is 0 Å². The third-order valence-electron chi connectivity index (χ3n) is 10.0. The highest BCUT2D eigenvalue weighted by Gasteiger charge is 2.21. The second kappa shape index (κ2) is 11.7. The standard InChI is InChI=1S/C48H31NS/c1-3-13-32(14-4-1)37-24-26-45(41-21-11-9-19-39(37)41)49(46-27-25-38(33-15-5-2-6-16-33)40-20-10-12-22-42(40)46)36-23-28-47-44(31-36)43-29-34-17-7-8-18-35(34)30-48(43)50-47/h1-31H. The molecule has 0 radical (unpaired) electrons. The Hall–Kier alpha value is -6.22. The summed E-state index contributed by atoms with van der Waals surface area (Å²) in [6.45, 7) is 0. The second-order valence-corrected chi connectivity index (χ2v) is 14.0. The molecule has 0 unspecified atom stereocenters. The van der Waals surface area contributed by atoms with Crippen molar-refractivity contribution in [1.82, 2.24) is 0 Å². The average Bonchev–Trinajstić information content (AvgIpc) is 3.54. The Labute approximate surface area is 294 Å². The highest BCUT2D eigenvalue weighted by molar-refractivity contribution is 7.25. The molecule has 10 rings (SSSR count). The third-order valence-corrected chi connectivity index (χ3v) is 11.2. The molecule has 1 nitrogen and oxygen atoms in total. The fraction of sp³-hybridized carbons (Fsp3) is 0. The van der Waals surface area contributed by atoms with Gasteiger partial charge in [0.25, 0.3) is 0 Å². The molecule has 0 spiro atoms. The van der Waals surface area contributed by atoms with Gasteiger partial charge in [0.2, 0.25) is 0 Å². The lowest BCUT2D eigenvalue weighted by Crippen LogP contribution is -2.11. The summed E-state index contributed by atoms with van der Waals surface area (Å²) >= 11 is 1.87. The van der Waals surface area contributed by atoms with E-state index in [9.17, 15) is 0 Å². The first-order chi connectivity index (χ1) is 24.8. The molecule has 0 atom stereocenters. The van der Waals surface area contributed by atoms with Crippen molar-refractivity contribution < 1.29 is 0 Å². The molecular formula is C48H31NS. The molecule has 0 saturated carbocycles. The van der Waals surface area contributed by atoms with Crippen LogP contribution in [0.25, 0.3) is 74.7 Å². The van der Waals surface area contributed by atoms with Crippen LogP contribution in [0.5, 0.6) is 0 Å². The highest BCUT2D eigenvalue weighted by Crippen LogP contribution is 2.47. The summed E-state index contributed by atoms with van der Waals surface area (Å²) in [5.41, 5.74) is 8.36. The Balaban J connectivity index is 1.26. The molecule has 0 bridgehead atoms. The van der Waals surface area contributed by atoms with E-state index in [2.05, 4.69) is 193 Å². The summed E-state index contributed by atoms with van der Waals surface area (Å²) in [6, 6.07) is 68.8. The van der Waals surface area contributed by atoms with Crippen molar-refractivity contribution in [3.63, 3.8) is 0 Å². The normalized spacial score (nSPS) is 11.6. The minimum Gasteiger partial charge on any atom is -0.309 e. The summed E-state index contributed by atoms with van der Waals surface area (Å²) in [6.07, 6.45) is 0. The summed E-state index contributed by atoms with van der Waals surface area (Å²) < 4.78 is 2.62. The van der Waals surface area contributed by atoms with Crippen LogP contribution >= 0.6 is 11.3 Å². The number of anilines is 3. The Kier molecular flexibility index (Phi) is 6.75. The van der Waals surface area contributed by atoms with Crippen LogP contribution in [0.15, 0.2) is 188 Å². The first-order valence-electron chi connectivity index (χ1n) is 17.1. The second-order valence-electron chi connectivity index (χ2n) is 12.9. The predicted molar refractivity (Wildman–Crippen MR) is 217 cm³/mol. The van der Waals surface area contributed by atoms with Crippen LogP contribution in [0.4, 0.5) is 17.1 Å². The Morgan fingerprint density at radius 3 is 1.38 bits per heavy atom. The fourth-order valence-corrected chi connectivity index (χ4v) is 8.81. The lowest BCUT2D eigenvalue weighted by molar-refractivity contribution is 1.32. The molecule has 0 aliphatic carbocycles. The molecule has 1 aromatic heterocycles. The summed E-state index contributed by atoms with van der Waals surface area (Å²) in [7, 11) is 0. The van der Waals surface area contributed by atoms with Crippen LogP contribution in [0.2, 0.25) is 0 Å². The molecule has 0 amide bonds. The zero-order valence-electron chi connectivity index (χ0n) is 27.3. The van der Waals surface area contributed by atoms with Gasteiger partial charge in [0.1, 0.15) is 0 Å². The van der Waals surface area contributed by atoms with Crippen molar-refractivity contribution in [3.05, 3.63) is 188 Å². The molecule has 1 heterocycles. The lowest BCUT2D eigenvalue weighted by Gasteiger charge is -2.29. The van der Waals surface area contributed by atoms with Gasteiger partial charge in [-0.15, -0.1) is 11.3 Å². The molecule has 9 aromatic carbocycles. The van der Waals surface area contributed by atoms with Gasteiger partial charge >= 0.3 is 0 Å². The molecule has 0 aliphatic heterocycles. The monoisotopic (exact) mass is 653 g/mol. The topological polar surface area (TPSA) is 3.24 Å². The molecule has 2 heteroatoms. The molecule has 0 N–H and O–H groups in total. The zero-order valence-corrected chi connectivity index (χ0v) is 28.1. The van der Waals surface area contributed by atoms with E-state index in [4.69, 9.17) is 0 Å². The average molecular weight is 654 g/mol. The van der Waals surface area contributed by atoms with E-state index in [0.717, 1.165) is 17.1 Å². The Bertz CT molecular complexity index is 2750. The minimum absolute atomic E-state index is 1.14. The minimum atomic E-state index is 1.14. The summed E-state index contributed by atoms with van der Waals surface area (Å²) in [4.78, 5) is 2.48. The van der Waals surface area contributed by atoms with E-state index in [0.29, 0.717) is 0 Å². The lowest BCUT2D eigenvalue weighted by atomic mass is 9.94. The van der Waals surface area contributed by atoms with Gasteiger partial charge < -0.3 is 4.90 Å². The van der Waals surface area contributed by atoms with Crippen LogP contribution in [-0.2, 0) is 0 Å². The maximum Gasteiger partial charge on any atom is 0.0540 e. The van der Waals surface area contributed by atoms with Crippen LogP contribution in [0.1, 0.15) is 0 Å². The molecule has 0 saturated heterocycles. The van der Waals surface area contributed by atoms with Crippen molar-refractivity contribution in [1.29, 1.82) is 0 Å². The number of hydrogen-bond acceptors (Lipinski definition) is 2.